The highest BCUT2D eigenvalue weighted by Crippen LogP contribution is 2.44. The first-order chi connectivity index (χ1) is 16.0. The van der Waals surface area contributed by atoms with Crippen LogP contribution in [-0.4, -0.2) is 52.5 Å². The lowest BCUT2D eigenvalue weighted by Crippen LogP contribution is -2.47. The van der Waals surface area contributed by atoms with Crippen LogP contribution in [0.4, 0.5) is 0 Å². The van der Waals surface area contributed by atoms with E-state index in [1.165, 1.54) is 70.3 Å². The molecule has 6 atom stereocenters. The number of aliphatic hydroxyl groups is 2. The van der Waals surface area contributed by atoms with Gasteiger partial charge in [0.25, 0.3) is 0 Å². The Morgan fingerprint density at radius 2 is 1.61 bits per heavy atom. The highest BCUT2D eigenvalue weighted by atomic mass is 16.7. The molecule has 0 bridgehead atoms. The smallest absolute Gasteiger partial charge is 0.330 e. The number of rotatable bonds is 15. The van der Waals surface area contributed by atoms with Crippen LogP contribution in [0.25, 0.3) is 0 Å². The summed E-state index contributed by atoms with van der Waals surface area (Å²) in [5.74, 6) is -1.29. The fraction of sp³-hybridized carbons (Fsp3) is 0.889. The minimum atomic E-state index is -0.928. The molecule has 2 fully saturated rings. The number of ether oxygens (including phenoxy) is 3. The Labute approximate surface area is 200 Å². The normalized spacial score (nSPS) is 32.2. The van der Waals surface area contributed by atoms with Crippen LogP contribution in [0.3, 0.4) is 0 Å². The van der Waals surface area contributed by atoms with Gasteiger partial charge in [-0.1, -0.05) is 84.0 Å². The van der Waals surface area contributed by atoms with Crippen molar-refractivity contribution in [3.8, 4) is 0 Å². The summed E-state index contributed by atoms with van der Waals surface area (Å²) < 4.78 is 17.7. The fourth-order valence-corrected chi connectivity index (χ4v) is 5.57. The Hall–Kier alpha value is -0.950. The van der Waals surface area contributed by atoms with Crippen LogP contribution in [0.1, 0.15) is 116 Å². The van der Waals surface area contributed by atoms with Crippen LogP contribution in [0, 0.1) is 0 Å². The second-order valence-electron chi connectivity index (χ2n) is 10.4. The van der Waals surface area contributed by atoms with Crippen molar-refractivity contribution in [3.63, 3.8) is 0 Å². The Morgan fingerprint density at radius 1 is 0.970 bits per heavy atom. The average molecular weight is 467 g/mol. The molecule has 33 heavy (non-hydrogen) atoms. The maximum Gasteiger partial charge on any atom is 0.330 e. The summed E-state index contributed by atoms with van der Waals surface area (Å²) in [6.07, 6.45) is 19.4. The van der Waals surface area contributed by atoms with Crippen molar-refractivity contribution < 1.29 is 29.2 Å². The minimum Gasteiger partial charge on any atom is -0.456 e. The molecule has 0 saturated carbocycles. The number of hydrogen-bond acceptors (Lipinski definition) is 6. The molecule has 3 unspecified atom stereocenters. The highest BCUT2D eigenvalue weighted by molar-refractivity contribution is 5.83. The molecule has 0 aliphatic carbocycles. The number of aliphatic hydroxyl groups excluding tert-OH is 2. The van der Waals surface area contributed by atoms with E-state index in [2.05, 4.69) is 6.92 Å². The van der Waals surface area contributed by atoms with Crippen molar-refractivity contribution in [3.05, 3.63) is 12.2 Å². The molecular weight excluding hydrogens is 420 g/mol. The van der Waals surface area contributed by atoms with Gasteiger partial charge in [0.15, 0.2) is 5.79 Å². The van der Waals surface area contributed by atoms with Crippen LogP contribution in [0.5, 0.6) is 0 Å². The zero-order valence-electron chi connectivity index (χ0n) is 20.6. The van der Waals surface area contributed by atoms with Gasteiger partial charge < -0.3 is 24.4 Å². The molecule has 3 heterocycles. The lowest BCUT2D eigenvalue weighted by atomic mass is 9.92. The second kappa shape index (κ2) is 13.8. The van der Waals surface area contributed by atoms with Gasteiger partial charge in [-0.05, 0) is 25.3 Å². The van der Waals surface area contributed by atoms with Crippen LogP contribution < -0.4 is 0 Å². The van der Waals surface area contributed by atoms with Crippen molar-refractivity contribution in [2.45, 2.75) is 152 Å². The Bertz CT molecular complexity index is 607. The van der Waals surface area contributed by atoms with Crippen LogP contribution >= 0.6 is 0 Å². The number of carbonyl (C=O) groups excluding carboxylic acids is 1. The quantitative estimate of drug-likeness (QED) is 0.250. The van der Waals surface area contributed by atoms with Gasteiger partial charge in [0.2, 0.25) is 0 Å². The standard InChI is InChI=1S/C27H46O6/c1-2-3-4-5-6-7-8-9-10-11-12-13-14-21(28)17-23-18-22(29)19-27(32-23)20-25-24(33-27)15-16-26(30)31-25/h15-16,21-25,28-29H,2-14,17-20H2,1H3/t21-,22?,23?,24+,25+,27?/m1/s1. The third-order valence-electron chi connectivity index (χ3n) is 7.31. The highest BCUT2D eigenvalue weighted by Gasteiger charge is 2.53. The van der Waals surface area contributed by atoms with Crippen molar-refractivity contribution in [1.29, 1.82) is 0 Å². The lowest BCUT2D eigenvalue weighted by molar-refractivity contribution is -0.285. The molecule has 2 N–H and O–H groups in total. The van der Waals surface area contributed by atoms with Gasteiger partial charge in [0, 0.05) is 18.9 Å². The molecule has 3 aliphatic rings. The molecule has 3 rings (SSSR count). The molecule has 2 saturated heterocycles. The summed E-state index contributed by atoms with van der Waals surface area (Å²) in [6.45, 7) is 2.26. The zero-order chi connectivity index (χ0) is 23.5. The van der Waals surface area contributed by atoms with Gasteiger partial charge in [-0.25, -0.2) is 4.79 Å². The predicted octanol–water partition coefficient (Wildman–Crippen LogP) is 5.34. The number of unbranched alkanes of at least 4 members (excludes halogenated alkanes) is 11. The van der Waals surface area contributed by atoms with Gasteiger partial charge in [0.1, 0.15) is 12.2 Å². The average Bonchev–Trinajstić information content (AvgIpc) is 3.09. The summed E-state index contributed by atoms with van der Waals surface area (Å²) in [5, 5.41) is 21.0. The number of carbonyl (C=O) groups is 1. The van der Waals surface area contributed by atoms with Crippen molar-refractivity contribution in [1.82, 2.24) is 0 Å². The van der Waals surface area contributed by atoms with E-state index >= 15 is 0 Å². The van der Waals surface area contributed by atoms with Crippen molar-refractivity contribution in [2.24, 2.45) is 0 Å². The van der Waals surface area contributed by atoms with Gasteiger partial charge >= 0.3 is 5.97 Å². The van der Waals surface area contributed by atoms with Crippen LogP contribution in [0.2, 0.25) is 0 Å². The molecule has 6 nitrogen and oxygen atoms in total. The zero-order valence-corrected chi connectivity index (χ0v) is 20.6. The van der Waals surface area contributed by atoms with Crippen molar-refractivity contribution >= 4 is 5.97 Å². The van der Waals surface area contributed by atoms with E-state index in [9.17, 15) is 15.0 Å². The largest absolute Gasteiger partial charge is 0.456 e. The third kappa shape index (κ3) is 8.97. The van der Waals surface area contributed by atoms with E-state index in [0.717, 1.165) is 19.3 Å². The number of hydrogen-bond donors (Lipinski definition) is 2. The molecule has 0 radical (unpaired) electrons. The molecule has 190 valence electrons. The topological polar surface area (TPSA) is 85.2 Å². The molecular formula is C27H46O6. The summed E-state index contributed by atoms with van der Waals surface area (Å²) in [6, 6.07) is 0. The second-order valence-corrected chi connectivity index (χ2v) is 10.4. The van der Waals surface area contributed by atoms with Gasteiger partial charge in [-0.15, -0.1) is 0 Å². The van der Waals surface area contributed by atoms with E-state index < -0.39 is 18.0 Å². The van der Waals surface area contributed by atoms with E-state index in [-0.39, 0.29) is 24.3 Å². The summed E-state index contributed by atoms with van der Waals surface area (Å²) >= 11 is 0. The molecule has 0 aromatic carbocycles. The van der Waals surface area contributed by atoms with E-state index in [0.29, 0.717) is 25.7 Å². The maximum absolute atomic E-state index is 11.5. The van der Waals surface area contributed by atoms with E-state index in [4.69, 9.17) is 14.2 Å². The Morgan fingerprint density at radius 3 is 2.27 bits per heavy atom. The van der Waals surface area contributed by atoms with Gasteiger partial charge in [0.05, 0.1) is 18.3 Å². The summed E-state index contributed by atoms with van der Waals surface area (Å²) in [4.78, 5) is 11.5. The first kappa shape index (κ1) is 26.7. The summed E-state index contributed by atoms with van der Waals surface area (Å²) in [5.41, 5.74) is 0. The first-order valence-electron chi connectivity index (χ1n) is 13.6. The van der Waals surface area contributed by atoms with Crippen LogP contribution in [0.15, 0.2) is 12.2 Å². The summed E-state index contributed by atoms with van der Waals surface area (Å²) in [7, 11) is 0. The van der Waals surface area contributed by atoms with E-state index in [1.54, 1.807) is 6.08 Å². The van der Waals surface area contributed by atoms with Gasteiger partial charge in [-0.2, -0.15) is 0 Å². The molecule has 0 amide bonds. The predicted molar refractivity (Wildman–Crippen MR) is 128 cm³/mol. The molecule has 0 aromatic rings. The molecule has 3 aliphatic heterocycles. The van der Waals surface area contributed by atoms with Crippen molar-refractivity contribution in [2.75, 3.05) is 0 Å². The SMILES string of the molecule is CCCCCCCCCCCCCC[C@@H](O)CC1CC(O)CC2(C[C@@H]3OC(=O)C=C[C@@H]3O2)O1. The first-order valence-corrected chi connectivity index (χ1v) is 13.6. The third-order valence-corrected chi connectivity index (χ3v) is 7.31. The Kier molecular flexibility index (Phi) is 11.2. The maximum atomic E-state index is 11.5. The monoisotopic (exact) mass is 466 g/mol. The molecule has 1 spiro atoms. The number of esters is 1. The fourth-order valence-electron chi connectivity index (χ4n) is 5.57. The molecule has 0 aromatic heterocycles. The molecule has 6 heteroatoms. The minimum absolute atomic E-state index is 0.249. The van der Waals surface area contributed by atoms with E-state index in [1.807, 2.05) is 0 Å². The van der Waals surface area contributed by atoms with Gasteiger partial charge in [-0.3, -0.25) is 0 Å². The van der Waals surface area contributed by atoms with Crippen LogP contribution in [-0.2, 0) is 19.0 Å². The Balaban J connectivity index is 1.25. The lowest BCUT2D eigenvalue weighted by Gasteiger charge is -2.40. The number of fused-ring (bicyclic) bond motifs is 1.